The third-order valence-corrected chi connectivity index (χ3v) is 4.49. The van der Waals surface area contributed by atoms with Gasteiger partial charge in [-0.25, -0.2) is 9.48 Å². The first kappa shape index (κ1) is 20.2. The molecule has 0 aliphatic rings. The number of nitrogens with zero attached hydrogens (tertiary/aromatic N) is 3. The highest BCUT2D eigenvalue weighted by molar-refractivity contribution is 5.95. The van der Waals surface area contributed by atoms with Crippen LogP contribution in [-0.2, 0) is 27.3 Å². The van der Waals surface area contributed by atoms with Gasteiger partial charge in [-0.05, 0) is 44.0 Å². The maximum absolute atomic E-state index is 12.3. The van der Waals surface area contributed by atoms with Crippen molar-refractivity contribution in [1.82, 2.24) is 20.3 Å². The van der Waals surface area contributed by atoms with Gasteiger partial charge in [-0.3, -0.25) is 9.59 Å². The van der Waals surface area contributed by atoms with E-state index in [2.05, 4.69) is 15.6 Å². The van der Waals surface area contributed by atoms with E-state index in [0.29, 0.717) is 18.5 Å². The van der Waals surface area contributed by atoms with Crippen LogP contribution >= 0.6 is 0 Å². The molecule has 0 unspecified atom stereocenters. The summed E-state index contributed by atoms with van der Waals surface area (Å²) in [5.74, 6) is -1.35. The summed E-state index contributed by atoms with van der Waals surface area (Å²) in [6.45, 7) is 3.55. The Labute approximate surface area is 167 Å². The normalized spacial score (nSPS) is 11.8. The van der Waals surface area contributed by atoms with Crippen molar-refractivity contribution in [2.45, 2.75) is 32.9 Å². The Hall–Kier alpha value is -3.55. The molecule has 150 valence electrons. The van der Waals surface area contributed by atoms with Gasteiger partial charge in [0.1, 0.15) is 5.52 Å². The molecule has 8 heteroatoms. The number of ketones is 1. The Morgan fingerprint density at radius 2 is 1.90 bits per heavy atom. The van der Waals surface area contributed by atoms with E-state index in [-0.39, 0.29) is 11.3 Å². The zero-order valence-corrected chi connectivity index (χ0v) is 16.3. The van der Waals surface area contributed by atoms with Gasteiger partial charge >= 0.3 is 5.97 Å². The van der Waals surface area contributed by atoms with Crippen LogP contribution in [0.1, 0.15) is 29.8 Å². The molecule has 1 atom stereocenters. The van der Waals surface area contributed by atoms with Crippen molar-refractivity contribution in [3.8, 4) is 0 Å². The van der Waals surface area contributed by atoms with E-state index >= 15 is 0 Å². The van der Waals surface area contributed by atoms with Crippen LogP contribution in [0.3, 0.4) is 0 Å². The molecule has 29 heavy (non-hydrogen) atoms. The number of aromatic nitrogens is 3. The van der Waals surface area contributed by atoms with Crippen molar-refractivity contribution in [3.05, 3.63) is 59.7 Å². The van der Waals surface area contributed by atoms with Crippen LogP contribution in [0.15, 0.2) is 48.5 Å². The van der Waals surface area contributed by atoms with Crippen LogP contribution < -0.4 is 5.32 Å². The van der Waals surface area contributed by atoms with Crippen LogP contribution in [0, 0.1) is 0 Å². The molecular weight excluding hydrogens is 372 g/mol. The number of nitrogens with one attached hydrogen (secondary N) is 1. The molecule has 1 N–H and O–H groups in total. The first-order valence-corrected chi connectivity index (χ1v) is 9.32. The molecule has 1 heterocycles. The summed E-state index contributed by atoms with van der Waals surface area (Å²) >= 11 is 0. The minimum Gasteiger partial charge on any atom is -0.452 e. The third-order valence-electron chi connectivity index (χ3n) is 4.49. The second kappa shape index (κ2) is 9.09. The number of esters is 1. The minimum absolute atomic E-state index is 0.169. The van der Waals surface area contributed by atoms with Gasteiger partial charge in [-0.15, -0.1) is 5.10 Å². The number of hydrogen-bond donors (Lipinski definition) is 1. The lowest BCUT2D eigenvalue weighted by Gasteiger charge is -2.16. The maximum Gasteiger partial charge on any atom is 0.338 e. The Morgan fingerprint density at radius 3 is 2.59 bits per heavy atom. The molecule has 8 nitrogen and oxygen atoms in total. The van der Waals surface area contributed by atoms with Crippen LogP contribution in [0.5, 0.6) is 0 Å². The number of rotatable bonds is 8. The summed E-state index contributed by atoms with van der Waals surface area (Å²) in [6, 6.07) is 13.6. The van der Waals surface area contributed by atoms with E-state index in [9.17, 15) is 14.4 Å². The molecular formula is C21H22N4O4. The van der Waals surface area contributed by atoms with E-state index in [1.807, 2.05) is 37.3 Å². The Bertz CT molecular complexity index is 1030. The number of fused-ring (bicyclic) bond motifs is 1. The summed E-state index contributed by atoms with van der Waals surface area (Å²) < 4.78 is 6.80. The molecule has 0 bridgehead atoms. The quantitative estimate of drug-likeness (QED) is 0.586. The van der Waals surface area contributed by atoms with Gasteiger partial charge in [0.2, 0.25) is 0 Å². The Kier molecular flexibility index (Phi) is 6.33. The summed E-state index contributed by atoms with van der Waals surface area (Å²) in [6.07, 6.45) is 0.375. The van der Waals surface area contributed by atoms with Crippen molar-refractivity contribution in [2.75, 3.05) is 6.61 Å². The fourth-order valence-corrected chi connectivity index (χ4v) is 2.93. The van der Waals surface area contributed by atoms with E-state index in [1.165, 1.54) is 6.92 Å². The number of hydrogen-bond acceptors (Lipinski definition) is 6. The molecule has 0 saturated carbocycles. The van der Waals surface area contributed by atoms with E-state index in [0.717, 1.165) is 11.1 Å². The average molecular weight is 394 g/mol. The lowest BCUT2D eigenvalue weighted by Crippen LogP contribution is -2.43. The highest BCUT2D eigenvalue weighted by atomic mass is 16.5. The zero-order valence-electron chi connectivity index (χ0n) is 16.3. The highest BCUT2D eigenvalue weighted by Gasteiger charge is 2.19. The monoisotopic (exact) mass is 394 g/mol. The SMILES string of the molecule is CCn1nnc2cc(C(=O)OCC(=O)N[C@H](Cc3ccccc3)C(C)=O)ccc21. The van der Waals surface area contributed by atoms with Crippen LogP contribution in [0.2, 0.25) is 0 Å². The summed E-state index contributed by atoms with van der Waals surface area (Å²) in [5.41, 5.74) is 2.59. The van der Waals surface area contributed by atoms with Crippen molar-refractivity contribution in [3.63, 3.8) is 0 Å². The topological polar surface area (TPSA) is 103 Å². The lowest BCUT2D eigenvalue weighted by atomic mass is 10.0. The zero-order chi connectivity index (χ0) is 20.8. The predicted molar refractivity (Wildman–Crippen MR) is 106 cm³/mol. The molecule has 2 aromatic carbocycles. The standard InChI is InChI=1S/C21H22N4O4/c1-3-25-19-10-9-16(12-18(19)23-24-25)21(28)29-13-20(27)22-17(14(2)26)11-15-7-5-4-6-8-15/h4-10,12,17H,3,11,13H2,1-2H3,(H,22,27)/t17-/m1/s1. The molecule has 1 amide bonds. The van der Waals surface area contributed by atoms with Crippen molar-refractivity contribution < 1.29 is 19.1 Å². The smallest absolute Gasteiger partial charge is 0.338 e. The average Bonchev–Trinajstić information content (AvgIpc) is 3.14. The number of carbonyl (C=O) groups excluding carboxylic acids is 3. The molecule has 1 aromatic heterocycles. The van der Waals surface area contributed by atoms with Crippen molar-refractivity contribution in [2.24, 2.45) is 0 Å². The molecule has 0 fully saturated rings. The van der Waals surface area contributed by atoms with Gasteiger partial charge in [-0.1, -0.05) is 35.5 Å². The van der Waals surface area contributed by atoms with E-state index in [4.69, 9.17) is 4.74 Å². The molecule has 3 aromatic rings. The predicted octanol–water partition coefficient (Wildman–Crippen LogP) is 1.92. The van der Waals surface area contributed by atoms with Gasteiger partial charge in [0.15, 0.2) is 12.4 Å². The van der Waals surface area contributed by atoms with Crippen LogP contribution in [0.25, 0.3) is 11.0 Å². The largest absolute Gasteiger partial charge is 0.452 e. The van der Waals surface area contributed by atoms with Gasteiger partial charge in [-0.2, -0.15) is 0 Å². The molecule has 0 spiro atoms. The second-order valence-electron chi connectivity index (χ2n) is 6.61. The number of Topliss-reactive ketones (excluding diaryl/α,β-unsaturated/α-hetero) is 1. The molecule has 0 aliphatic heterocycles. The molecule has 0 saturated heterocycles. The van der Waals surface area contributed by atoms with Gasteiger partial charge in [0.05, 0.1) is 17.1 Å². The van der Waals surface area contributed by atoms with Crippen LogP contribution in [0.4, 0.5) is 0 Å². The van der Waals surface area contributed by atoms with Crippen LogP contribution in [-0.4, -0.2) is 45.3 Å². The Morgan fingerprint density at radius 1 is 1.14 bits per heavy atom. The number of aryl methyl sites for hydroxylation is 1. The molecule has 0 aliphatic carbocycles. The summed E-state index contributed by atoms with van der Waals surface area (Å²) in [4.78, 5) is 36.3. The van der Waals surface area contributed by atoms with E-state index in [1.54, 1.807) is 22.9 Å². The fourth-order valence-electron chi connectivity index (χ4n) is 2.93. The van der Waals surface area contributed by atoms with Crippen molar-refractivity contribution >= 4 is 28.7 Å². The fraction of sp³-hybridized carbons (Fsp3) is 0.286. The summed E-state index contributed by atoms with van der Waals surface area (Å²) in [5, 5.41) is 10.6. The lowest BCUT2D eigenvalue weighted by molar-refractivity contribution is -0.128. The van der Waals surface area contributed by atoms with E-state index < -0.39 is 24.5 Å². The second-order valence-corrected chi connectivity index (χ2v) is 6.61. The van der Waals surface area contributed by atoms with Crippen molar-refractivity contribution in [1.29, 1.82) is 0 Å². The number of carbonyl (C=O) groups is 3. The summed E-state index contributed by atoms with van der Waals surface area (Å²) in [7, 11) is 0. The highest BCUT2D eigenvalue weighted by Crippen LogP contribution is 2.14. The Balaban J connectivity index is 1.57. The number of benzene rings is 2. The first-order valence-electron chi connectivity index (χ1n) is 9.32. The minimum atomic E-state index is -0.677. The number of ether oxygens (including phenoxy) is 1. The van der Waals surface area contributed by atoms with Gasteiger partial charge < -0.3 is 10.1 Å². The van der Waals surface area contributed by atoms with Gasteiger partial charge in [0, 0.05) is 6.54 Å². The third kappa shape index (κ3) is 5.04. The van der Waals surface area contributed by atoms with Gasteiger partial charge in [0.25, 0.3) is 5.91 Å². The maximum atomic E-state index is 12.3. The molecule has 0 radical (unpaired) electrons. The first-order chi connectivity index (χ1) is 14.0. The number of amides is 1. The molecule has 3 rings (SSSR count).